The molecule has 120 valence electrons. The maximum Gasteiger partial charge on any atom is 0.229 e. The van der Waals surface area contributed by atoms with Crippen LogP contribution in [0.25, 0.3) is 0 Å². The van der Waals surface area contributed by atoms with Crippen LogP contribution in [0.1, 0.15) is 24.7 Å². The van der Waals surface area contributed by atoms with E-state index in [0.717, 1.165) is 12.1 Å². The van der Waals surface area contributed by atoms with E-state index >= 15 is 0 Å². The summed E-state index contributed by atoms with van der Waals surface area (Å²) < 4.78 is 4.89. The van der Waals surface area contributed by atoms with Crippen LogP contribution in [0, 0.1) is 18.8 Å². The van der Waals surface area contributed by atoms with Gasteiger partial charge in [-0.15, -0.1) is 0 Å². The van der Waals surface area contributed by atoms with Gasteiger partial charge in [-0.05, 0) is 37.5 Å². The van der Waals surface area contributed by atoms with E-state index in [-0.39, 0.29) is 23.7 Å². The lowest BCUT2D eigenvalue weighted by molar-refractivity contribution is -0.122. The summed E-state index contributed by atoms with van der Waals surface area (Å²) in [4.78, 5) is 24.2. The summed E-state index contributed by atoms with van der Waals surface area (Å²) in [6, 6.07) is 9.38. The first-order valence-corrected chi connectivity index (χ1v) is 7.71. The van der Waals surface area contributed by atoms with E-state index in [4.69, 9.17) is 4.52 Å². The zero-order chi connectivity index (χ0) is 16.4. The van der Waals surface area contributed by atoms with Crippen molar-refractivity contribution in [2.24, 2.45) is 11.8 Å². The molecule has 6 nitrogen and oxygen atoms in total. The molecule has 1 aromatic carbocycles. The van der Waals surface area contributed by atoms with Crippen molar-refractivity contribution in [2.45, 2.75) is 26.7 Å². The number of anilines is 2. The van der Waals surface area contributed by atoms with Crippen molar-refractivity contribution in [1.82, 2.24) is 5.16 Å². The minimum Gasteiger partial charge on any atom is -0.360 e. The fraction of sp³-hybridized carbons (Fsp3) is 0.353. The molecule has 2 N–H and O–H groups in total. The maximum atomic E-state index is 12.2. The van der Waals surface area contributed by atoms with Crippen LogP contribution in [-0.2, 0) is 16.0 Å². The Hall–Kier alpha value is -2.63. The molecule has 0 bridgehead atoms. The smallest absolute Gasteiger partial charge is 0.229 e. The van der Waals surface area contributed by atoms with Crippen molar-refractivity contribution < 1.29 is 14.1 Å². The SMILES string of the molecule is CCc1ccc(NC(=O)C2CC2C(=O)Nc2cc(C)on2)cc1. The second kappa shape index (κ2) is 6.24. The number of hydrogen-bond donors (Lipinski definition) is 2. The highest BCUT2D eigenvalue weighted by Gasteiger charge is 2.48. The number of rotatable bonds is 5. The molecule has 0 saturated heterocycles. The van der Waals surface area contributed by atoms with E-state index in [0.29, 0.717) is 18.0 Å². The average molecular weight is 313 g/mol. The van der Waals surface area contributed by atoms with Crippen LogP contribution in [0.15, 0.2) is 34.9 Å². The number of nitrogens with one attached hydrogen (secondary N) is 2. The van der Waals surface area contributed by atoms with Gasteiger partial charge in [0.25, 0.3) is 0 Å². The number of aryl methyl sites for hydroxylation is 2. The number of carbonyl (C=O) groups is 2. The monoisotopic (exact) mass is 313 g/mol. The van der Waals surface area contributed by atoms with E-state index in [2.05, 4.69) is 22.7 Å². The lowest BCUT2D eigenvalue weighted by Gasteiger charge is -2.06. The van der Waals surface area contributed by atoms with Gasteiger partial charge >= 0.3 is 0 Å². The fourth-order valence-electron chi connectivity index (χ4n) is 2.48. The van der Waals surface area contributed by atoms with E-state index in [1.54, 1.807) is 13.0 Å². The largest absolute Gasteiger partial charge is 0.360 e. The van der Waals surface area contributed by atoms with Gasteiger partial charge in [-0.25, -0.2) is 0 Å². The Kier molecular flexibility index (Phi) is 4.14. The molecule has 1 aromatic heterocycles. The Labute approximate surface area is 134 Å². The number of carbonyl (C=O) groups excluding carboxylic acids is 2. The molecule has 23 heavy (non-hydrogen) atoms. The third kappa shape index (κ3) is 3.59. The minimum absolute atomic E-state index is 0.120. The van der Waals surface area contributed by atoms with Gasteiger partial charge in [0.2, 0.25) is 11.8 Å². The van der Waals surface area contributed by atoms with E-state index in [9.17, 15) is 9.59 Å². The van der Waals surface area contributed by atoms with Crippen molar-refractivity contribution in [3.8, 4) is 0 Å². The normalized spacial score (nSPS) is 19.2. The Bertz CT molecular complexity index is 721. The van der Waals surface area contributed by atoms with Crippen molar-refractivity contribution in [3.05, 3.63) is 41.7 Å². The zero-order valence-electron chi connectivity index (χ0n) is 13.1. The first-order valence-electron chi connectivity index (χ1n) is 7.71. The highest BCUT2D eigenvalue weighted by atomic mass is 16.5. The number of nitrogens with zero attached hydrogens (tertiary/aromatic N) is 1. The molecule has 0 radical (unpaired) electrons. The minimum atomic E-state index is -0.304. The topological polar surface area (TPSA) is 84.2 Å². The predicted molar refractivity (Wildman–Crippen MR) is 85.9 cm³/mol. The van der Waals surface area contributed by atoms with Gasteiger partial charge in [0, 0.05) is 11.8 Å². The quantitative estimate of drug-likeness (QED) is 0.889. The molecule has 2 aromatic rings. The van der Waals surface area contributed by atoms with Gasteiger partial charge in [-0.1, -0.05) is 24.2 Å². The van der Waals surface area contributed by atoms with E-state index in [1.807, 2.05) is 24.3 Å². The van der Waals surface area contributed by atoms with Crippen LogP contribution in [0.5, 0.6) is 0 Å². The molecule has 1 aliphatic carbocycles. The Morgan fingerprint density at radius 1 is 1.17 bits per heavy atom. The molecule has 0 aliphatic heterocycles. The van der Waals surface area contributed by atoms with Crippen LogP contribution < -0.4 is 10.6 Å². The summed E-state index contributed by atoms with van der Waals surface area (Å²) >= 11 is 0. The molecule has 3 rings (SSSR count). The van der Waals surface area contributed by atoms with Gasteiger partial charge in [0.15, 0.2) is 5.82 Å². The molecule has 2 unspecified atom stereocenters. The molecule has 2 atom stereocenters. The number of hydrogen-bond acceptors (Lipinski definition) is 4. The second-order valence-electron chi connectivity index (χ2n) is 5.80. The summed E-state index contributed by atoms with van der Waals surface area (Å²) in [7, 11) is 0. The first kappa shape index (κ1) is 15.3. The van der Waals surface area contributed by atoms with E-state index < -0.39 is 0 Å². The number of aromatic nitrogens is 1. The summed E-state index contributed by atoms with van der Waals surface area (Å²) in [5, 5.41) is 9.23. The standard InChI is InChI=1S/C17H19N3O3/c1-3-11-4-6-12(7-5-11)18-16(21)13-9-14(13)17(22)19-15-8-10(2)23-20-15/h4-8,13-14H,3,9H2,1-2H3,(H,18,21)(H,19,20,22). The van der Waals surface area contributed by atoms with Crippen LogP contribution >= 0.6 is 0 Å². The molecule has 0 spiro atoms. The maximum absolute atomic E-state index is 12.2. The lowest BCUT2D eigenvalue weighted by atomic mass is 10.1. The molecule has 1 saturated carbocycles. The van der Waals surface area contributed by atoms with Crippen LogP contribution in [0.4, 0.5) is 11.5 Å². The first-order chi connectivity index (χ1) is 11.1. The third-order valence-corrected chi connectivity index (χ3v) is 3.97. The highest BCUT2D eigenvalue weighted by molar-refractivity contribution is 6.02. The fourth-order valence-corrected chi connectivity index (χ4v) is 2.48. The molecule has 2 amide bonds. The Morgan fingerprint density at radius 3 is 2.39 bits per heavy atom. The summed E-state index contributed by atoms with van der Waals surface area (Å²) in [6.07, 6.45) is 1.52. The van der Waals surface area contributed by atoms with Gasteiger partial charge in [-0.2, -0.15) is 0 Å². The average Bonchev–Trinajstić information content (AvgIpc) is 3.25. The van der Waals surface area contributed by atoms with Crippen molar-refractivity contribution in [3.63, 3.8) is 0 Å². The van der Waals surface area contributed by atoms with Gasteiger partial charge in [-0.3, -0.25) is 9.59 Å². The summed E-state index contributed by atoms with van der Waals surface area (Å²) in [5.74, 6) is 0.107. The lowest BCUT2D eigenvalue weighted by Crippen LogP contribution is -2.20. The Balaban J connectivity index is 1.52. The van der Waals surface area contributed by atoms with Crippen molar-refractivity contribution in [1.29, 1.82) is 0 Å². The van der Waals surface area contributed by atoms with Crippen LogP contribution in [0.3, 0.4) is 0 Å². The van der Waals surface area contributed by atoms with Gasteiger partial charge < -0.3 is 15.2 Å². The zero-order valence-corrected chi connectivity index (χ0v) is 13.1. The van der Waals surface area contributed by atoms with Gasteiger partial charge in [0.1, 0.15) is 5.76 Å². The molecule has 1 fully saturated rings. The molecular formula is C17H19N3O3. The highest BCUT2D eigenvalue weighted by Crippen LogP contribution is 2.40. The number of amides is 2. The third-order valence-electron chi connectivity index (χ3n) is 3.97. The van der Waals surface area contributed by atoms with Crippen LogP contribution in [0.2, 0.25) is 0 Å². The number of benzene rings is 1. The van der Waals surface area contributed by atoms with Crippen LogP contribution in [-0.4, -0.2) is 17.0 Å². The van der Waals surface area contributed by atoms with Crippen molar-refractivity contribution in [2.75, 3.05) is 10.6 Å². The predicted octanol–water partition coefficient (Wildman–Crippen LogP) is 2.76. The summed E-state index contributed by atoms with van der Waals surface area (Å²) in [5.41, 5.74) is 1.97. The molecule has 1 heterocycles. The molecule has 6 heteroatoms. The summed E-state index contributed by atoms with van der Waals surface area (Å²) in [6.45, 7) is 3.83. The molecular weight excluding hydrogens is 294 g/mol. The van der Waals surface area contributed by atoms with Crippen molar-refractivity contribution >= 4 is 23.3 Å². The van der Waals surface area contributed by atoms with E-state index in [1.165, 1.54) is 5.56 Å². The molecule has 1 aliphatic rings. The second-order valence-corrected chi connectivity index (χ2v) is 5.80. The Morgan fingerprint density at radius 2 is 1.83 bits per heavy atom. The van der Waals surface area contributed by atoms with Gasteiger partial charge in [0.05, 0.1) is 11.8 Å².